The zero-order valence-corrected chi connectivity index (χ0v) is 11.7. The fraction of sp³-hybridized carbons (Fsp3) is 0.0588. The number of aromatic nitrogens is 1. The van der Waals surface area contributed by atoms with Crippen molar-refractivity contribution in [2.24, 2.45) is 0 Å². The smallest absolute Gasteiger partial charge is 0.258 e. The first kappa shape index (κ1) is 13.1. The molecule has 104 valence electrons. The van der Waals surface area contributed by atoms with Gasteiger partial charge in [0, 0.05) is 24.2 Å². The first-order chi connectivity index (χ1) is 10.2. The molecular weight excluding hydrogens is 262 g/mol. The molecule has 0 saturated heterocycles. The van der Waals surface area contributed by atoms with Crippen molar-refractivity contribution in [3.63, 3.8) is 0 Å². The Morgan fingerprint density at radius 2 is 1.90 bits per heavy atom. The van der Waals surface area contributed by atoms with Gasteiger partial charge in [0.2, 0.25) is 0 Å². The molecule has 0 aliphatic carbocycles. The fourth-order valence-electron chi connectivity index (χ4n) is 2.30. The molecule has 0 atom stereocenters. The third kappa shape index (κ3) is 2.43. The summed E-state index contributed by atoms with van der Waals surface area (Å²) in [5.41, 5.74) is 8.69. The number of hydrogen-bond acceptors (Lipinski definition) is 3. The van der Waals surface area contributed by atoms with E-state index in [-0.39, 0.29) is 5.91 Å². The van der Waals surface area contributed by atoms with Crippen molar-refractivity contribution in [1.82, 2.24) is 4.98 Å². The first-order valence-corrected chi connectivity index (χ1v) is 6.64. The number of carbonyl (C=O) groups is 1. The molecule has 0 radical (unpaired) electrons. The largest absolute Gasteiger partial charge is 0.397 e. The molecule has 4 nitrogen and oxygen atoms in total. The summed E-state index contributed by atoms with van der Waals surface area (Å²) in [6, 6.07) is 16.6. The molecule has 0 aliphatic rings. The van der Waals surface area contributed by atoms with E-state index in [1.165, 1.54) is 0 Å². The van der Waals surface area contributed by atoms with Gasteiger partial charge in [-0.05, 0) is 36.4 Å². The Balaban J connectivity index is 1.98. The average molecular weight is 277 g/mol. The van der Waals surface area contributed by atoms with Crippen LogP contribution >= 0.6 is 0 Å². The molecule has 1 heterocycles. The number of anilines is 2. The van der Waals surface area contributed by atoms with Gasteiger partial charge in [-0.3, -0.25) is 9.78 Å². The summed E-state index contributed by atoms with van der Waals surface area (Å²) < 4.78 is 0. The van der Waals surface area contributed by atoms with E-state index in [1.807, 2.05) is 42.5 Å². The third-order valence-corrected chi connectivity index (χ3v) is 3.45. The van der Waals surface area contributed by atoms with E-state index in [0.717, 1.165) is 10.9 Å². The minimum Gasteiger partial charge on any atom is -0.397 e. The van der Waals surface area contributed by atoms with Gasteiger partial charge < -0.3 is 10.6 Å². The number of para-hydroxylation sites is 2. The molecule has 2 N–H and O–H groups in total. The topological polar surface area (TPSA) is 59.2 Å². The lowest BCUT2D eigenvalue weighted by Crippen LogP contribution is -2.26. The number of carbonyl (C=O) groups excluding carboxylic acids is 1. The van der Waals surface area contributed by atoms with Crippen LogP contribution in [0.15, 0.2) is 60.8 Å². The third-order valence-electron chi connectivity index (χ3n) is 3.45. The number of nitrogens with two attached hydrogens (primary N) is 1. The molecule has 1 amide bonds. The van der Waals surface area contributed by atoms with Crippen LogP contribution in [0.25, 0.3) is 10.9 Å². The van der Waals surface area contributed by atoms with Gasteiger partial charge in [-0.2, -0.15) is 0 Å². The highest BCUT2D eigenvalue weighted by atomic mass is 16.2. The zero-order valence-electron chi connectivity index (χ0n) is 11.7. The second-order valence-corrected chi connectivity index (χ2v) is 4.83. The maximum absolute atomic E-state index is 12.6. The molecule has 21 heavy (non-hydrogen) atoms. The summed E-state index contributed by atoms with van der Waals surface area (Å²) in [5.74, 6) is -0.0985. The van der Waals surface area contributed by atoms with Gasteiger partial charge in [0.05, 0.1) is 16.9 Å². The van der Waals surface area contributed by atoms with Crippen LogP contribution in [0.1, 0.15) is 10.4 Å². The molecule has 0 unspecified atom stereocenters. The predicted octanol–water partition coefficient (Wildman–Crippen LogP) is 3.09. The Labute approximate surface area is 122 Å². The van der Waals surface area contributed by atoms with Gasteiger partial charge in [-0.1, -0.05) is 18.2 Å². The highest BCUT2D eigenvalue weighted by Crippen LogP contribution is 2.23. The van der Waals surface area contributed by atoms with Gasteiger partial charge in [0.1, 0.15) is 0 Å². The number of pyridine rings is 1. The van der Waals surface area contributed by atoms with Crippen LogP contribution in [0.2, 0.25) is 0 Å². The van der Waals surface area contributed by atoms with Crippen LogP contribution in [0.5, 0.6) is 0 Å². The minimum atomic E-state index is -0.0985. The molecule has 0 aliphatic heterocycles. The number of fused-ring (bicyclic) bond motifs is 1. The number of rotatable bonds is 2. The van der Waals surface area contributed by atoms with Crippen molar-refractivity contribution in [2.45, 2.75) is 0 Å². The molecule has 1 aromatic heterocycles. The first-order valence-electron chi connectivity index (χ1n) is 6.64. The summed E-state index contributed by atoms with van der Waals surface area (Å²) in [6.45, 7) is 0. The van der Waals surface area contributed by atoms with E-state index >= 15 is 0 Å². The van der Waals surface area contributed by atoms with E-state index in [9.17, 15) is 4.79 Å². The maximum atomic E-state index is 12.6. The van der Waals surface area contributed by atoms with Gasteiger partial charge in [0.25, 0.3) is 5.91 Å². The fourth-order valence-corrected chi connectivity index (χ4v) is 2.30. The maximum Gasteiger partial charge on any atom is 0.258 e. The van der Waals surface area contributed by atoms with Crippen LogP contribution in [0, 0.1) is 0 Å². The molecule has 0 saturated carbocycles. The molecule has 0 bridgehead atoms. The normalized spacial score (nSPS) is 10.5. The van der Waals surface area contributed by atoms with Gasteiger partial charge in [-0.15, -0.1) is 0 Å². The Morgan fingerprint density at radius 1 is 1.10 bits per heavy atom. The standard InChI is InChI=1S/C17H15N3O/c1-20(16-7-3-2-6-14(16)18)17(21)13-8-9-15-12(11-13)5-4-10-19-15/h2-11H,18H2,1H3. The van der Waals surface area contributed by atoms with Crippen LogP contribution in [0.3, 0.4) is 0 Å². The summed E-state index contributed by atoms with van der Waals surface area (Å²) in [6.07, 6.45) is 1.74. The van der Waals surface area contributed by atoms with E-state index < -0.39 is 0 Å². The molecule has 0 spiro atoms. The molecular formula is C17H15N3O. The molecule has 2 aromatic carbocycles. The summed E-state index contributed by atoms with van der Waals surface area (Å²) in [4.78, 5) is 18.4. The predicted molar refractivity (Wildman–Crippen MR) is 85.3 cm³/mol. The number of nitrogens with zero attached hydrogens (tertiary/aromatic N) is 2. The second kappa shape index (κ2) is 5.25. The second-order valence-electron chi connectivity index (χ2n) is 4.83. The Hall–Kier alpha value is -2.88. The lowest BCUT2D eigenvalue weighted by molar-refractivity contribution is 0.0993. The van der Waals surface area contributed by atoms with Crippen LogP contribution in [-0.2, 0) is 0 Å². The lowest BCUT2D eigenvalue weighted by Gasteiger charge is -2.19. The number of nitrogen functional groups attached to an aromatic ring is 1. The molecule has 3 aromatic rings. The van der Waals surface area contributed by atoms with Gasteiger partial charge in [0.15, 0.2) is 0 Å². The van der Waals surface area contributed by atoms with Gasteiger partial charge in [-0.25, -0.2) is 0 Å². The average Bonchev–Trinajstić information content (AvgIpc) is 2.53. The number of benzene rings is 2. The molecule has 3 rings (SSSR count). The lowest BCUT2D eigenvalue weighted by atomic mass is 10.1. The summed E-state index contributed by atoms with van der Waals surface area (Å²) >= 11 is 0. The van der Waals surface area contributed by atoms with E-state index in [2.05, 4.69) is 4.98 Å². The van der Waals surface area contributed by atoms with Crippen LogP contribution < -0.4 is 10.6 Å². The van der Waals surface area contributed by atoms with Crippen molar-refractivity contribution < 1.29 is 4.79 Å². The highest BCUT2D eigenvalue weighted by molar-refractivity contribution is 6.08. The summed E-state index contributed by atoms with van der Waals surface area (Å²) in [7, 11) is 1.72. The van der Waals surface area contributed by atoms with Crippen molar-refractivity contribution in [2.75, 3.05) is 17.7 Å². The Kier molecular flexibility index (Phi) is 3.28. The van der Waals surface area contributed by atoms with E-state index in [4.69, 9.17) is 5.73 Å². The van der Waals surface area contributed by atoms with Crippen molar-refractivity contribution in [1.29, 1.82) is 0 Å². The van der Waals surface area contributed by atoms with Crippen LogP contribution in [-0.4, -0.2) is 17.9 Å². The van der Waals surface area contributed by atoms with E-state index in [1.54, 1.807) is 30.3 Å². The van der Waals surface area contributed by atoms with Crippen molar-refractivity contribution in [3.05, 3.63) is 66.4 Å². The zero-order chi connectivity index (χ0) is 14.8. The highest BCUT2D eigenvalue weighted by Gasteiger charge is 2.15. The number of hydrogen-bond donors (Lipinski definition) is 1. The quantitative estimate of drug-likeness (QED) is 0.732. The Morgan fingerprint density at radius 3 is 2.71 bits per heavy atom. The monoisotopic (exact) mass is 277 g/mol. The van der Waals surface area contributed by atoms with Crippen molar-refractivity contribution in [3.8, 4) is 0 Å². The molecule has 0 fully saturated rings. The van der Waals surface area contributed by atoms with Crippen LogP contribution in [0.4, 0.5) is 11.4 Å². The SMILES string of the molecule is CN(C(=O)c1ccc2ncccc2c1)c1ccccc1N. The number of amides is 1. The summed E-state index contributed by atoms with van der Waals surface area (Å²) in [5, 5.41) is 0.942. The van der Waals surface area contributed by atoms with Crippen molar-refractivity contribution >= 4 is 28.2 Å². The minimum absolute atomic E-state index is 0.0985. The van der Waals surface area contributed by atoms with Gasteiger partial charge >= 0.3 is 0 Å². The Bertz CT molecular complexity index is 814. The molecule has 4 heteroatoms. The van der Waals surface area contributed by atoms with E-state index in [0.29, 0.717) is 16.9 Å².